The molecule has 0 aliphatic heterocycles. The molecule has 0 radical (unpaired) electrons. The van der Waals surface area contributed by atoms with Gasteiger partial charge in [-0.2, -0.15) is 0 Å². The van der Waals surface area contributed by atoms with Gasteiger partial charge in [-0.15, -0.1) is 0 Å². The van der Waals surface area contributed by atoms with Crippen LogP contribution in [0, 0.1) is 0 Å². The van der Waals surface area contributed by atoms with E-state index in [-0.39, 0.29) is 24.7 Å². The van der Waals surface area contributed by atoms with E-state index < -0.39 is 11.8 Å². The zero-order chi connectivity index (χ0) is 12.0. The number of nitrogens with one attached hydrogen (secondary N) is 2. The Bertz CT molecular complexity index is 394. The predicted octanol–water partition coefficient (Wildman–Crippen LogP) is -1.20. The molecule has 0 saturated carbocycles. The number of hydrogen-bond donors (Lipinski definition) is 4. The molecule has 0 unspecified atom stereocenters. The highest BCUT2D eigenvalue weighted by molar-refractivity contribution is 5.94. The molecule has 2 amide bonds. The fourth-order valence-corrected chi connectivity index (χ4v) is 0.920. The van der Waals surface area contributed by atoms with Gasteiger partial charge in [0.2, 0.25) is 11.8 Å². The van der Waals surface area contributed by atoms with Crippen LogP contribution in [0.4, 0.5) is 5.82 Å². The summed E-state index contributed by atoms with van der Waals surface area (Å²) in [5.74, 6) is -1.01. The van der Waals surface area contributed by atoms with Crippen LogP contribution in [-0.2, 0) is 9.59 Å². The predicted molar refractivity (Wildman–Crippen MR) is 56.6 cm³/mol. The van der Waals surface area contributed by atoms with Gasteiger partial charge in [0, 0.05) is 6.20 Å². The lowest BCUT2D eigenvalue weighted by Gasteiger charge is -2.06. The number of nitrogens with zero attached hydrogens (tertiary/aromatic N) is 1. The highest BCUT2D eigenvalue weighted by Gasteiger charge is 2.07. The molecule has 1 heterocycles. The van der Waals surface area contributed by atoms with Crippen molar-refractivity contribution in [2.45, 2.75) is 0 Å². The lowest BCUT2D eigenvalue weighted by Crippen LogP contribution is -2.36. The second-order valence-electron chi connectivity index (χ2n) is 2.90. The fraction of sp³-hybridized carbons (Fsp3) is 0.222. The molecule has 7 heteroatoms. The Labute approximate surface area is 91.7 Å². The third kappa shape index (κ3) is 3.54. The molecule has 16 heavy (non-hydrogen) atoms. The fourth-order valence-electron chi connectivity index (χ4n) is 0.920. The van der Waals surface area contributed by atoms with Crippen LogP contribution in [0.3, 0.4) is 0 Å². The number of amides is 2. The minimum absolute atomic E-state index is 0.0505. The molecule has 0 bridgehead atoms. The SMILES string of the molecule is NCC(=O)NCC(=O)Nc1ncccc1O. The molecular formula is C9H12N4O3. The van der Waals surface area contributed by atoms with Crippen molar-refractivity contribution in [2.75, 3.05) is 18.4 Å². The van der Waals surface area contributed by atoms with Crippen LogP contribution >= 0.6 is 0 Å². The van der Waals surface area contributed by atoms with Crippen molar-refractivity contribution in [3.05, 3.63) is 18.3 Å². The molecular weight excluding hydrogens is 212 g/mol. The molecule has 7 nitrogen and oxygen atoms in total. The molecule has 5 N–H and O–H groups in total. The quantitative estimate of drug-likeness (QED) is 0.512. The number of rotatable bonds is 4. The molecule has 1 aromatic heterocycles. The smallest absolute Gasteiger partial charge is 0.245 e. The molecule has 0 aliphatic rings. The molecule has 0 fully saturated rings. The summed E-state index contributed by atoms with van der Waals surface area (Å²) in [5, 5.41) is 13.9. The van der Waals surface area contributed by atoms with Gasteiger partial charge in [-0.3, -0.25) is 9.59 Å². The van der Waals surface area contributed by atoms with Crippen molar-refractivity contribution < 1.29 is 14.7 Å². The second kappa shape index (κ2) is 5.66. The van der Waals surface area contributed by atoms with E-state index in [1.807, 2.05) is 0 Å². The van der Waals surface area contributed by atoms with Crippen LogP contribution in [0.5, 0.6) is 5.75 Å². The maximum Gasteiger partial charge on any atom is 0.245 e. The zero-order valence-corrected chi connectivity index (χ0v) is 8.43. The third-order valence-electron chi connectivity index (χ3n) is 1.68. The normalized spacial score (nSPS) is 9.56. The van der Waals surface area contributed by atoms with Gasteiger partial charge in [0.15, 0.2) is 11.6 Å². The summed E-state index contributed by atoms with van der Waals surface area (Å²) in [4.78, 5) is 25.8. The van der Waals surface area contributed by atoms with Crippen molar-refractivity contribution in [3.63, 3.8) is 0 Å². The molecule has 0 atom stereocenters. The van der Waals surface area contributed by atoms with Crippen LogP contribution in [0.15, 0.2) is 18.3 Å². The summed E-state index contributed by atoms with van der Waals surface area (Å²) < 4.78 is 0. The van der Waals surface area contributed by atoms with Gasteiger partial charge in [-0.05, 0) is 12.1 Å². The monoisotopic (exact) mass is 224 g/mol. The highest BCUT2D eigenvalue weighted by atomic mass is 16.3. The number of hydrogen-bond acceptors (Lipinski definition) is 5. The van der Waals surface area contributed by atoms with Gasteiger partial charge in [-0.1, -0.05) is 0 Å². The Morgan fingerprint density at radius 1 is 1.44 bits per heavy atom. The molecule has 0 aliphatic carbocycles. The van der Waals surface area contributed by atoms with Crippen LogP contribution in [0.1, 0.15) is 0 Å². The van der Waals surface area contributed by atoms with Gasteiger partial charge < -0.3 is 21.5 Å². The first kappa shape index (κ1) is 11.9. The molecule has 1 rings (SSSR count). The summed E-state index contributed by atoms with van der Waals surface area (Å²) in [7, 11) is 0. The van der Waals surface area contributed by atoms with Gasteiger partial charge in [-0.25, -0.2) is 4.98 Å². The Balaban J connectivity index is 2.46. The van der Waals surface area contributed by atoms with E-state index in [9.17, 15) is 14.7 Å². The van der Waals surface area contributed by atoms with Crippen LogP contribution in [0.2, 0.25) is 0 Å². The lowest BCUT2D eigenvalue weighted by molar-refractivity contribution is -0.123. The van der Waals surface area contributed by atoms with Gasteiger partial charge in [0.25, 0.3) is 0 Å². The van der Waals surface area contributed by atoms with E-state index in [4.69, 9.17) is 5.73 Å². The minimum atomic E-state index is -0.490. The maximum atomic E-state index is 11.3. The van der Waals surface area contributed by atoms with E-state index >= 15 is 0 Å². The third-order valence-corrected chi connectivity index (χ3v) is 1.68. The van der Waals surface area contributed by atoms with Gasteiger partial charge in [0.1, 0.15) is 0 Å². The topological polar surface area (TPSA) is 117 Å². The van der Waals surface area contributed by atoms with E-state index in [0.717, 1.165) is 0 Å². The van der Waals surface area contributed by atoms with Crippen LogP contribution in [-0.4, -0.2) is 35.0 Å². The maximum absolute atomic E-state index is 11.3. The number of aromatic hydroxyl groups is 1. The van der Waals surface area contributed by atoms with Gasteiger partial charge >= 0.3 is 0 Å². The van der Waals surface area contributed by atoms with Crippen molar-refractivity contribution >= 4 is 17.6 Å². The van der Waals surface area contributed by atoms with E-state index in [0.29, 0.717) is 0 Å². The van der Waals surface area contributed by atoms with E-state index in [2.05, 4.69) is 15.6 Å². The highest BCUT2D eigenvalue weighted by Crippen LogP contribution is 2.17. The summed E-state index contributed by atoms with van der Waals surface area (Å²) in [6, 6.07) is 2.92. The first-order chi connectivity index (χ1) is 7.63. The number of pyridine rings is 1. The van der Waals surface area contributed by atoms with E-state index in [1.54, 1.807) is 0 Å². The Morgan fingerprint density at radius 3 is 2.81 bits per heavy atom. The van der Waals surface area contributed by atoms with Crippen molar-refractivity contribution in [3.8, 4) is 5.75 Å². The number of carbonyl (C=O) groups is 2. The molecule has 0 spiro atoms. The molecule has 86 valence electrons. The summed E-state index contributed by atoms with van der Waals surface area (Å²) in [5.41, 5.74) is 5.04. The van der Waals surface area contributed by atoms with Crippen molar-refractivity contribution in [1.29, 1.82) is 0 Å². The first-order valence-corrected chi connectivity index (χ1v) is 4.54. The standard InChI is InChI=1S/C9H12N4O3/c10-4-7(15)12-5-8(16)13-9-6(14)2-1-3-11-9/h1-3,14H,4-5,10H2,(H,12,15)(H,11,13,16). The average molecular weight is 224 g/mol. The van der Waals surface area contributed by atoms with Crippen LogP contribution in [0.25, 0.3) is 0 Å². The minimum Gasteiger partial charge on any atom is -0.504 e. The Hall–Kier alpha value is -2.15. The average Bonchev–Trinajstić information content (AvgIpc) is 2.29. The first-order valence-electron chi connectivity index (χ1n) is 4.54. The number of anilines is 1. The largest absolute Gasteiger partial charge is 0.504 e. The van der Waals surface area contributed by atoms with E-state index in [1.165, 1.54) is 18.3 Å². The van der Waals surface area contributed by atoms with Crippen molar-refractivity contribution in [2.24, 2.45) is 5.73 Å². The van der Waals surface area contributed by atoms with Gasteiger partial charge in [0.05, 0.1) is 13.1 Å². The summed E-state index contributed by atoms with van der Waals surface area (Å²) in [6.45, 7) is -0.395. The molecule has 0 aromatic carbocycles. The number of nitrogens with two attached hydrogens (primary N) is 1. The number of aromatic nitrogens is 1. The second-order valence-corrected chi connectivity index (χ2v) is 2.90. The number of carbonyl (C=O) groups excluding carboxylic acids is 2. The molecule has 1 aromatic rings. The molecule has 0 saturated heterocycles. The van der Waals surface area contributed by atoms with Crippen molar-refractivity contribution in [1.82, 2.24) is 10.3 Å². The lowest BCUT2D eigenvalue weighted by atomic mass is 10.4. The summed E-state index contributed by atoms with van der Waals surface area (Å²) in [6.07, 6.45) is 1.42. The zero-order valence-electron chi connectivity index (χ0n) is 8.43. The summed E-state index contributed by atoms with van der Waals surface area (Å²) >= 11 is 0. The van der Waals surface area contributed by atoms with Crippen LogP contribution < -0.4 is 16.4 Å². The Kier molecular flexibility index (Phi) is 4.22. The Morgan fingerprint density at radius 2 is 2.19 bits per heavy atom.